The maximum atomic E-state index is 12.8. The molecule has 0 fully saturated rings. The molecule has 1 aliphatic heterocycles. The van der Waals surface area contributed by atoms with Gasteiger partial charge >= 0.3 is 12.0 Å². The SMILES string of the molecule is COCCOC(=O)C1=C(C)N(C)C(=O)NC1c1ccc(NC(=O)Cc2ccc(OC)cc2)cc1. The number of allylic oxidation sites excluding steroid dienone is 1. The fourth-order valence-corrected chi connectivity index (χ4v) is 3.54. The highest BCUT2D eigenvalue weighted by Crippen LogP contribution is 2.31. The van der Waals surface area contributed by atoms with Crippen molar-refractivity contribution in [3.05, 3.63) is 70.9 Å². The van der Waals surface area contributed by atoms with E-state index >= 15 is 0 Å². The maximum Gasteiger partial charge on any atom is 0.338 e. The first-order valence-electron chi connectivity index (χ1n) is 10.8. The summed E-state index contributed by atoms with van der Waals surface area (Å²) in [6.07, 6.45) is 0.218. The molecule has 9 nitrogen and oxygen atoms in total. The van der Waals surface area contributed by atoms with Gasteiger partial charge in [0.05, 0.1) is 31.8 Å². The minimum atomic E-state index is -0.678. The van der Waals surface area contributed by atoms with Gasteiger partial charge in [0.25, 0.3) is 0 Å². The van der Waals surface area contributed by atoms with Gasteiger partial charge in [-0.25, -0.2) is 9.59 Å². The Balaban J connectivity index is 1.72. The number of anilines is 1. The van der Waals surface area contributed by atoms with Crippen molar-refractivity contribution in [2.75, 3.05) is 39.8 Å². The van der Waals surface area contributed by atoms with E-state index in [1.807, 2.05) is 12.1 Å². The highest BCUT2D eigenvalue weighted by molar-refractivity contribution is 5.95. The molecule has 0 aromatic heterocycles. The molecule has 1 atom stereocenters. The Morgan fingerprint density at radius 1 is 1.03 bits per heavy atom. The van der Waals surface area contributed by atoms with Crippen LogP contribution >= 0.6 is 0 Å². The lowest BCUT2D eigenvalue weighted by molar-refractivity contribution is -0.140. The number of carbonyl (C=O) groups is 3. The molecule has 0 radical (unpaired) electrons. The van der Waals surface area contributed by atoms with Crippen molar-refractivity contribution in [1.29, 1.82) is 0 Å². The van der Waals surface area contributed by atoms with Gasteiger partial charge in [0.15, 0.2) is 0 Å². The van der Waals surface area contributed by atoms with Gasteiger partial charge in [0, 0.05) is 25.5 Å². The number of rotatable bonds is 9. The summed E-state index contributed by atoms with van der Waals surface area (Å²) in [5.74, 6) is 0.0407. The van der Waals surface area contributed by atoms with Gasteiger partial charge in [0.1, 0.15) is 12.4 Å². The number of methoxy groups -OCH3 is 2. The van der Waals surface area contributed by atoms with E-state index in [-0.39, 0.29) is 31.6 Å². The maximum absolute atomic E-state index is 12.8. The van der Waals surface area contributed by atoms with Crippen LogP contribution < -0.4 is 15.4 Å². The van der Waals surface area contributed by atoms with Crippen LogP contribution in [0.5, 0.6) is 5.75 Å². The fraction of sp³-hybridized carbons (Fsp3) is 0.320. The number of hydrogen-bond acceptors (Lipinski definition) is 6. The zero-order chi connectivity index (χ0) is 24.7. The van der Waals surface area contributed by atoms with E-state index in [1.165, 1.54) is 12.0 Å². The summed E-state index contributed by atoms with van der Waals surface area (Å²) in [5, 5.41) is 5.69. The van der Waals surface area contributed by atoms with Gasteiger partial charge in [0.2, 0.25) is 5.91 Å². The predicted octanol–water partition coefficient (Wildman–Crippen LogP) is 3.04. The van der Waals surface area contributed by atoms with Crippen molar-refractivity contribution in [1.82, 2.24) is 10.2 Å². The molecule has 3 amide bonds. The monoisotopic (exact) mass is 467 g/mol. The summed E-state index contributed by atoms with van der Waals surface area (Å²) >= 11 is 0. The van der Waals surface area contributed by atoms with Crippen LogP contribution in [0.25, 0.3) is 0 Å². The first-order chi connectivity index (χ1) is 16.3. The third-order valence-electron chi connectivity index (χ3n) is 5.55. The van der Waals surface area contributed by atoms with E-state index in [0.29, 0.717) is 22.5 Å². The van der Waals surface area contributed by atoms with Gasteiger partial charge < -0.3 is 29.7 Å². The van der Waals surface area contributed by atoms with E-state index in [2.05, 4.69) is 10.6 Å². The first kappa shape index (κ1) is 24.8. The van der Waals surface area contributed by atoms with Crippen molar-refractivity contribution in [2.24, 2.45) is 0 Å². The van der Waals surface area contributed by atoms with Crippen LogP contribution in [0.1, 0.15) is 24.1 Å². The summed E-state index contributed by atoms with van der Waals surface area (Å²) in [4.78, 5) is 39.0. The summed E-state index contributed by atoms with van der Waals surface area (Å²) < 4.78 is 15.4. The number of amides is 3. The van der Waals surface area contributed by atoms with Gasteiger partial charge in [-0.2, -0.15) is 0 Å². The van der Waals surface area contributed by atoms with Crippen LogP contribution in [-0.2, 0) is 25.5 Å². The first-order valence-corrected chi connectivity index (χ1v) is 10.8. The van der Waals surface area contributed by atoms with Crippen LogP contribution in [0.2, 0.25) is 0 Å². The Kier molecular flexibility index (Phi) is 8.26. The Hall–Kier alpha value is -3.85. The minimum absolute atomic E-state index is 0.107. The molecule has 0 aliphatic carbocycles. The average Bonchev–Trinajstić information content (AvgIpc) is 2.83. The Bertz CT molecular complexity index is 1060. The molecule has 2 N–H and O–H groups in total. The van der Waals surface area contributed by atoms with Crippen molar-refractivity contribution >= 4 is 23.6 Å². The molecule has 2 aromatic carbocycles. The quantitative estimate of drug-likeness (QED) is 0.434. The molecule has 0 saturated carbocycles. The normalized spacial score (nSPS) is 15.6. The van der Waals surface area contributed by atoms with Crippen LogP contribution in [0.15, 0.2) is 59.8 Å². The number of esters is 1. The second kappa shape index (κ2) is 11.3. The zero-order valence-electron chi connectivity index (χ0n) is 19.7. The average molecular weight is 468 g/mol. The molecule has 3 rings (SSSR count). The lowest BCUT2D eigenvalue weighted by atomic mass is 9.95. The summed E-state index contributed by atoms with van der Waals surface area (Å²) in [5.41, 5.74) is 3.00. The molecule has 34 heavy (non-hydrogen) atoms. The molecule has 1 heterocycles. The van der Waals surface area contributed by atoms with Gasteiger partial charge in [-0.15, -0.1) is 0 Å². The number of ether oxygens (including phenoxy) is 3. The van der Waals surface area contributed by atoms with E-state index in [4.69, 9.17) is 14.2 Å². The van der Waals surface area contributed by atoms with E-state index in [9.17, 15) is 14.4 Å². The molecular formula is C25H29N3O6. The van der Waals surface area contributed by atoms with Crippen molar-refractivity contribution in [2.45, 2.75) is 19.4 Å². The molecular weight excluding hydrogens is 438 g/mol. The molecule has 9 heteroatoms. The molecule has 2 aromatic rings. The summed E-state index contributed by atoms with van der Waals surface area (Å²) in [7, 11) is 4.70. The lowest BCUT2D eigenvalue weighted by Crippen LogP contribution is -2.46. The minimum Gasteiger partial charge on any atom is -0.497 e. The van der Waals surface area contributed by atoms with Gasteiger partial charge in [-0.3, -0.25) is 4.79 Å². The number of nitrogens with one attached hydrogen (secondary N) is 2. The van der Waals surface area contributed by atoms with Gasteiger partial charge in [-0.1, -0.05) is 24.3 Å². The van der Waals surface area contributed by atoms with Crippen LogP contribution in [0, 0.1) is 0 Å². The highest BCUT2D eigenvalue weighted by atomic mass is 16.6. The number of urea groups is 1. The Morgan fingerprint density at radius 3 is 2.32 bits per heavy atom. The topological polar surface area (TPSA) is 106 Å². The van der Waals surface area contributed by atoms with Gasteiger partial charge in [-0.05, 0) is 42.3 Å². The zero-order valence-corrected chi connectivity index (χ0v) is 19.7. The van der Waals surface area contributed by atoms with Crippen LogP contribution in [0.4, 0.5) is 10.5 Å². The third-order valence-corrected chi connectivity index (χ3v) is 5.55. The molecule has 0 bridgehead atoms. The van der Waals surface area contributed by atoms with Crippen molar-refractivity contribution in [3.63, 3.8) is 0 Å². The largest absolute Gasteiger partial charge is 0.497 e. The predicted molar refractivity (Wildman–Crippen MR) is 126 cm³/mol. The van der Waals surface area contributed by atoms with E-state index in [1.54, 1.807) is 57.5 Å². The fourth-order valence-electron chi connectivity index (χ4n) is 3.54. The Morgan fingerprint density at radius 2 is 1.71 bits per heavy atom. The highest BCUT2D eigenvalue weighted by Gasteiger charge is 2.35. The second-order valence-electron chi connectivity index (χ2n) is 7.76. The number of benzene rings is 2. The molecule has 1 aliphatic rings. The smallest absolute Gasteiger partial charge is 0.338 e. The standard InChI is InChI=1S/C25H29N3O6/c1-16-22(24(30)34-14-13-32-3)23(27-25(31)28(16)2)18-7-9-19(10-8-18)26-21(29)15-17-5-11-20(33-4)12-6-17/h5-12,23H,13-15H2,1-4H3,(H,26,29)(H,27,31). The lowest BCUT2D eigenvalue weighted by Gasteiger charge is -2.33. The third kappa shape index (κ3) is 5.93. The summed E-state index contributed by atoms with van der Waals surface area (Å²) in [6.45, 7) is 2.08. The van der Waals surface area contributed by atoms with E-state index < -0.39 is 12.0 Å². The number of hydrogen-bond donors (Lipinski definition) is 2. The number of nitrogens with zero attached hydrogens (tertiary/aromatic N) is 1. The van der Waals surface area contributed by atoms with Crippen LogP contribution in [0.3, 0.4) is 0 Å². The van der Waals surface area contributed by atoms with Crippen molar-refractivity contribution in [3.8, 4) is 5.75 Å². The molecule has 1 unspecified atom stereocenters. The number of carbonyl (C=O) groups excluding carboxylic acids is 3. The second-order valence-corrected chi connectivity index (χ2v) is 7.76. The molecule has 0 spiro atoms. The summed E-state index contributed by atoms with van der Waals surface area (Å²) in [6, 6.07) is 13.3. The van der Waals surface area contributed by atoms with Crippen molar-refractivity contribution < 1.29 is 28.6 Å². The Labute approximate surface area is 198 Å². The molecule has 180 valence electrons. The molecule has 0 saturated heterocycles. The van der Waals surface area contributed by atoms with E-state index in [0.717, 1.165) is 11.3 Å². The van der Waals surface area contributed by atoms with Crippen LogP contribution in [-0.4, -0.2) is 57.3 Å².